The molecule has 0 radical (unpaired) electrons. The molecule has 4 aliphatic heterocycles. The van der Waals surface area contributed by atoms with Gasteiger partial charge in [-0.25, -0.2) is 0 Å². The maximum atomic E-state index is 14.8. The van der Waals surface area contributed by atoms with Crippen LogP contribution < -0.4 is 10.2 Å². The first-order valence-electron chi connectivity index (χ1n) is 16.8. The second kappa shape index (κ2) is 14.6. The summed E-state index contributed by atoms with van der Waals surface area (Å²) in [5.41, 5.74) is 0.640. The Kier molecular flexibility index (Phi) is 10.3. The van der Waals surface area contributed by atoms with Gasteiger partial charge in [-0.05, 0) is 43.4 Å². The molecule has 11 heteroatoms. The van der Waals surface area contributed by atoms with E-state index in [2.05, 4.69) is 5.32 Å². The van der Waals surface area contributed by atoms with Crippen LogP contribution in [0.4, 0.5) is 5.69 Å². The van der Waals surface area contributed by atoms with E-state index in [1.54, 1.807) is 34.1 Å². The number of nitrogens with zero attached hydrogens (tertiary/aromatic N) is 2. The van der Waals surface area contributed by atoms with E-state index in [1.165, 1.54) is 0 Å². The highest BCUT2D eigenvalue weighted by Gasteiger charge is 2.71. The molecule has 2 aromatic rings. The van der Waals surface area contributed by atoms with Crippen molar-refractivity contribution in [1.82, 2.24) is 10.2 Å². The number of carbonyl (C=O) groups is 4. The number of anilines is 1. The van der Waals surface area contributed by atoms with Gasteiger partial charge in [-0.15, -0.1) is 0 Å². The van der Waals surface area contributed by atoms with Crippen molar-refractivity contribution in [3.63, 3.8) is 0 Å². The highest BCUT2D eigenvalue weighted by Crippen LogP contribution is 2.53. The number of hydrogen-bond donors (Lipinski definition) is 2. The fourth-order valence-electron chi connectivity index (χ4n) is 7.56. The lowest BCUT2D eigenvalue weighted by Gasteiger charge is -2.36. The minimum Gasteiger partial charge on any atom is -0.455 e. The van der Waals surface area contributed by atoms with Crippen LogP contribution in [0.15, 0.2) is 72.8 Å². The van der Waals surface area contributed by atoms with E-state index >= 15 is 0 Å². The number of halogens is 1. The van der Waals surface area contributed by atoms with Crippen LogP contribution in [0.3, 0.4) is 0 Å². The summed E-state index contributed by atoms with van der Waals surface area (Å²) in [6, 6.07) is 13.6. The number of likely N-dealkylation sites (tertiary alicyclic amines) is 1. The molecule has 0 unspecified atom stereocenters. The van der Waals surface area contributed by atoms with Crippen LogP contribution in [-0.4, -0.2) is 77.7 Å². The van der Waals surface area contributed by atoms with Crippen LogP contribution in [0.1, 0.15) is 55.8 Å². The second-order valence-corrected chi connectivity index (χ2v) is 13.3. The lowest BCUT2D eigenvalue weighted by atomic mass is 9.78. The van der Waals surface area contributed by atoms with Crippen molar-refractivity contribution >= 4 is 41.0 Å². The van der Waals surface area contributed by atoms with Crippen LogP contribution in [0, 0.1) is 18.8 Å². The number of aliphatic hydroxyl groups is 1. The van der Waals surface area contributed by atoms with Gasteiger partial charge in [0.15, 0.2) is 0 Å². The number of rotatable bonds is 8. The summed E-state index contributed by atoms with van der Waals surface area (Å²) in [6.07, 6.45) is 8.93. The molecule has 4 aliphatic rings. The number of hydrogen-bond acceptors (Lipinski definition) is 7. The minimum absolute atomic E-state index is 0.0768. The summed E-state index contributed by atoms with van der Waals surface area (Å²) in [5.74, 6) is -3.54. The van der Waals surface area contributed by atoms with Gasteiger partial charge in [0.25, 0.3) is 5.91 Å². The third-order valence-electron chi connectivity index (χ3n) is 9.81. The minimum atomic E-state index is -1.45. The molecule has 1 spiro atoms. The van der Waals surface area contributed by atoms with Crippen molar-refractivity contribution in [3.8, 4) is 0 Å². The predicted molar refractivity (Wildman–Crippen MR) is 180 cm³/mol. The molecule has 0 aliphatic carbocycles. The fraction of sp³-hybridized carbons (Fsp3) is 0.459. The van der Waals surface area contributed by atoms with Crippen molar-refractivity contribution in [3.05, 3.63) is 89.0 Å². The second-order valence-electron chi connectivity index (χ2n) is 12.9. The number of benzene rings is 2. The summed E-state index contributed by atoms with van der Waals surface area (Å²) >= 11 is 6.67. The molecule has 6 rings (SSSR count). The third kappa shape index (κ3) is 6.41. The molecule has 6 atom stereocenters. The number of ether oxygens (including phenoxy) is 2. The van der Waals surface area contributed by atoms with Crippen molar-refractivity contribution in [2.24, 2.45) is 11.8 Å². The van der Waals surface area contributed by atoms with Crippen LogP contribution in [0.25, 0.3) is 0 Å². The molecule has 4 heterocycles. The third-order valence-corrected chi connectivity index (χ3v) is 10.1. The Labute approximate surface area is 285 Å². The summed E-state index contributed by atoms with van der Waals surface area (Å²) in [5, 5.41) is 12.6. The lowest BCUT2D eigenvalue weighted by molar-refractivity contribution is -0.159. The average Bonchev–Trinajstić information content (AvgIpc) is 3.46. The molecule has 3 amide bonds. The Hall–Kier alpha value is -3.99. The smallest absolute Gasteiger partial charge is 0.313 e. The number of para-hydroxylation sites is 1. The van der Waals surface area contributed by atoms with Gasteiger partial charge in [0.1, 0.15) is 23.7 Å². The number of esters is 1. The van der Waals surface area contributed by atoms with E-state index in [1.807, 2.05) is 55.5 Å². The SMILES string of the molecule is Cc1cccc(Cl)c1N1CC=C[C@]23O[C@@H]4/C=C\CCC(=O)NC[C@@H](c5ccccc5)OC(=O)[C@@H]4[C@H]2C(=O)N(CCCCCCO)[C@@H]3C1=O. The predicted octanol–water partition coefficient (Wildman–Crippen LogP) is 4.44. The fourth-order valence-corrected chi connectivity index (χ4v) is 7.88. The number of fused-ring (bicyclic) bond motifs is 2. The molecule has 0 saturated carbocycles. The average molecular weight is 676 g/mol. The Morgan fingerprint density at radius 3 is 2.54 bits per heavy atom. The Bertz CT molecular complexity index is 1580. The van der Waals surface area contributed by atoms with Gasteiger partial charge in [-0.1, -0.05) is 91.2 Å². The van der Waals surface area contributed by atoms with Gasteiger partial charge in [-0.3, -0.25) is 19.2 Å². The molecule has 2 fully saturated rings. The molecule has 2 N–H and O–H groups in total. The lowest BCUT2D eigenvalue weighted by Crippen LogP contribution is -2.55. The van der Waals surface area contributed by atoms with Crippen LogP contribution in [-0.2, 0) is 28.7 Å². The number of cyclic esters (lactones) is 1. The van der Waals surface area contributed by atoms with Gasteiger partial charge in [0.2, 0.25) is 11.8 Å². The monoisotopic (exact) mass is 675 g/mol. The number of amides is 3. The molecule has 0 aromatic heterocycles. The Morgan fingerprint density at radius 1 is 0.979 bits per heavy atom. The molecule has 2 saturated heterocycles. The molecular weight excluding hydrogens is 634 g/mol. The number of carbonyl (C=O) groups excluding carboxylic acids is 4. The van der Waals surface area contributed by atoms with E-state index in [9.17, 15) is 24.3 Å². The van der Waals surface area contributed by atoms with Crippen molar-refractivity contribution < 1.29 is 33.8 Å². The first-order chi connectivity index (χ1) is 23.3. The first-order valence-corrected chi connectivity index (χ1v) is 17.2. The molecule has 254 valence electrons. The van der Waals surface area contributed by atoms with E-state index < -0.39 is 41.7 Å². The van der Waals surface area contributed by atoms with Gasteiger partial charge in [0, 0.05) is 26.1 Å². The molecule has 2 aromatic carbocycles. The van der Waals surface area contributed by atoms with Crippen LogP contribution in [0.2, 0.25) is 5.02 Å². The zero-order chi connectivity index (χ0) is 33.8. The zero-order valence-electron chi connectivity index (χ0n) is 27.1. The quantitative estimate of drug-likeness (QED) is 0.241. The highest BCUT2D eigenvalue weighted by atomic mass is 35.5. The van der Waals surface area contributed by atoms with E-state index in [4.69, 9.17) is 21.1 Å². The largest absolute Gasteiger partial charge is 0.455 e. The maximum absolute atomic E-state index is 14.8. The number of nitrogens with one attached hydrogen (secondary N) is 1. The van der Waals surface area contributed by atoms with Gasteiger partial charge in [0.05, 0.1) is 29.3 Å². The van der Waals surface area contributed by atoms with E-state index in [0.29, 0.717) is 35.5 Å². The number of aryl methyl sites for hydroxylation is 1. The standard InChI is InChI=1S/C37H42ClN3O7/c1-24-13-11-16-26(38)32(24)40-21-12-19-37-31(34(44)41(33(37)35(40)45)20-9-2-3-10-22-42)30-27(48-37)17-7-8-18-29(43)39-23-28(47-36(30)46)25-14-5-4-6-15-25/h4-7,11-17,19,27-28,30-31,33,42H,2-3,8-10,18,20-23H2,1H3,(H,39,43)/b17-7-/t27-,28+,30+,31+,33-,37+/m1/s1. The zero-order valence-corrected chi connectivity index (χ0v) is 27.8. The van der Waals surface area contributed by atoms with Crippen molar-refractivity contribution in [2.75, 3.05) is 31.1 Å². The van der Waals surface area contributed by atoms with Gasteiger partial charge >= 0.3 is 5.97 Å². The van der Waals surface area contributed by atoms with Gasteiger partial charge in [-0.2, -0.15) is 0 Å². The van der Waals surface area contributed by atoms with Crippen molar-refractivity contribution in [1.29, 1.82) is 0 Å². The topological polar surface area (TPSA) is 125 Å². The maximum Gasteiger partial charge on any atom is 0.313 e. The van der Waals surface area contributed by atoms with Crippen molar-refractivity contribution in [2.45, 2.75) is 69.3 Å². The number of aliphatic hydroxyl groups excluding tert-OH is 1. The number of allylic oxidation sites excluding steroid dienone is 1. The summed E-state index contributed by atoms with van der Waals surface area (Å²) < 4.78 is 13.0. The Morgan fingerprint density at radius 2 is 1.77 bits per heavy atom. The summed E-state index contributed by atoms with van der Waals surface area (Å²) in [7, 11) is 0. The Balaban J connectivity index is 1.41. The first kappa shape index (κ1) is 33.9. The van der Waals surface area contributed by atoms with Gasteiger partial charge < -0.3 is 29.7 Å². The van der Waals surface area contributed by atoms with Crippen LogP contribution in [0.5, 0.6) is 0 Å². The summed E-state index contributed by atoms with van der Waals surface area (Å²) in [4.78, 5) is 59.6. The van der Waals surface area contributed by atoms with E-state index in [0.717, 1.165) is 18.4 Å². The normalized spacial score (nSPS) is 29.6. The molecular formula is C37H42ClN3O7. The van der Waals surface area contributed by atoms with E-state index in [-0.39, 0.29) is 50.4 Å². The number of unbranched alkanes of at least 4 members (excludes halogenated alkanes) is 3. The molecule has 48 heavy (non-hydrogen) atoms. The molecule has 0 bridgehead atoms. The highest BCUT2D eigenvalue weighted by molar-refractivity contribution is 6.34. The van der Waals surface area contributed by atoms with Crippen LogP contribution >= 0.6 is 11.6 Å². The summed E-state index contributed by atoms with van der Waals surface area (Å²) in [6.45, 7) is 2.54. The molecule has 10 nitrogen and oxygen atoms in total.